The quantitative estimate of drug-likeness (QED) is 0.732. The SMILES string of the molecule is CCOC(=O)C(Cn1cccn1)OC(=O)Nc1c(CC)cccc1CC. The molecule has 2 aromatic rings. The summed E-state index contributed by atoms with van der Waals surface area (Å²) in [5.74, 6) is -0.599. The molecule has 0 aliphatic carbocycles. The van der Waals surface area contributed by atoms with Crippen LogP contribution in [0.15, 0.2) is 36.7 Å². The molecule has 0 saturated heterocycles. The van der Waals surface area contributed by atoms with Gasteiger partial charge in [0.2, 0.25) is 6.10 Å². The van der Waals surface area contributed by atoms with Gasteiger partial charge in [0.05, 0.1) is 18.8 Å². The van der Waals surface area contributed by atoms with Gasteiger partial charge in [0.15, 0.2) is 0 Å². The number of anilines is 1. The van der Waals surface area contributed by atoms with Crippen LogP contribution in [0.3, 0.4) is 0 Å². The molecule has 7 heteroatoms. The van der Waals surface area contributed by atoms with E-state index >= 15 is 0 Å². The number of hydrogen-bond donors (Lipinski definition) is 1. The minimum Gasteiger partial charge on any atom is -0.463 e. The second-order valence-electron chi connectivity index (χ2n) is 5.66. The van der Waals surface area contributed by atoms with Gasteiger partial charge in [-0.3, -0.25) is 10.00 Å². The molecule has 1 unspecified atom stereocenters. The fourth-order valence-electron chi connectivity index (χ4n) is 2.64. The highest BCUT2D eigenvalue weighted by Gasteiger charge is 2.26. The number of amides is 1. The number of hydrogen-bond acceptors (Lipinski definition) is 5. The van der Waals surface area contributed by atoms with Crippen LogP contribution in [0.5, 0.6) is 0 Å². The first-order valence-corrected chi connectivity index (χ1v) is 8.81. The van der Waals surface area contributed by atoms with Crippen molar-refractivity contribution in [2.45, 2.75) is 46.3 Å². The van der Waals surface area contributed by atoms with E-state index in [1.165, 1.54) is 4.68 Å². The van der Waals surface area contributed by atoms with E-state index in [9.17, 15) is 9.59 Å². The molecule has 0 spiro atoms. The van der Waals surface area contributed by atoms with Gasteiger partial charge in [0.1, 0.15) is 0 Å². The molecule has 0 fully saturated rings. The van der Waals surface area contributed by atoms with Gasteiger partial charge in [-0.05, 0) is 37.0 Å². The molecular formula is C19H25N3O4. The number of carbonyl (C=O) groups is 2. The summed E-state index contributed by atoms with van der Waals surface area (Å²) in [6.07, 6.45) is 3.07. The van der Waals surface area contributed by atoms with E-state index in [1.54, 1.807) is 25.4 Å². The molecule has 0 aliphatic rings. The molecule has 2 rings (SSSR count). The molecule has 0 aliphatic heterocycles. The average molecular weight is 359 g/mol. The third kappa shape index (κ3) is 5.08. The number of benzene rings is 1. The third-order valence-corrected chi connectivity index (χ3v) is 3.94. The standard InChI is InChI=1S/C19H25N3O4/c1-4-14-9-7-10-15(5-2)17(14)21-19(24)26-16(18(23)25-6-3)13-22-12-8-11-20-22/h7-12,16H,4-6,13H2,1-3H3,(H,21,24). The Morgan fingerprint density at radius 3 is 2.38 bits per heavy atom. The van der Waals surface area contributed by atoms with Crippen molar-refractivity contribution in [1.29, 1.82) is 0 Å². The lowest BCUT2D eigenvalue weighted by Gasteiger charge is -2.19. The monoisotopic (exact) mass is 359 g/mol. The Balaban J connectivity index is 2.13. The lowest BCUT2D eigenvalue weighted by atomic mass is 10.0. The highest BCUT2D eigenvalue weighted by Crippen LogP contribution is 2.23. The van der Waals surface area contributed by atoms with Crippen LogP contribution in [-0.4, -0.2) is 34.6 Å². The molecule has 7 nitrogen and oxygen atoms in total. The Labute approximate surface area is 153 Å². The molecule has 1 atom stereocenters. The first-order valence-electron chi connectivity index (χ1n) is 8.81. The van der Waals surface area contributed by atoms with Crippen molar-refractivity contribution in [3.05, 3.63) is 47.8 Å². The fraction of sp³-hybridized carbons (Fsp3) is 0.421. The van der Waals surface area contributed by atoms with E-state index in [0.717, 1.165) is 29.7 Å². The highest BCUT2D eigenvalue weighted by atomic mass is 16.6. The summed E-state index contributed by atoms with van der Waals surface area (Å²) < 4.78 is 11.9. The zero-order valence-corrected chi connectivity index (χ0v) is 15.4. The number of aromatic nitrogens is 2. The van der Waals surface area contributed by atoms with Crippen LogP contribution in [0.4, 0.5) is 10.5 Å². The smallest absolute Gasteiger partial charge is 0.412 e. The summed E-state index contributed by atoms with van der Waals surface area (Å²) in [6.45, 7) is 6.04. The van der Waals surface area contributed by atoms with Gasteiger partial charge < -0.3 is 9.47 Å². The zero-order valence-electron chi connectivity index (χ0n) is 15.4. The van der Waals surface area contributed by atoms with Crippen molar-refractivity contribution in [2.75, 3.05) is 11.9 Å². The number of nitrogens with one attached hydrogen (secondary N) is 1. The van der Waals surface area contributed by atoms with Gasteiger partial charge in [0, 0.05) is 12.4 Å². The van der Waals surface area contributed by atoms with E-state index in [0.29, 0.717) is 0 Å². The van der Waals surface area contributed by atoms with E-state index < -0.39 is 18.2 Å². The Kier molecular flexibility index (Phi) is 7.20. The fourth-order valence-corrected chi connectivity index (χ4v) is 2.64. The Morgan fingerprint density at radius 2 is 1.85 bits per heavy atom. The normalized spacial score (nSPS) is 11.7. The first-order chi connectivity index (χ1) is 12.6. The topological polar surface area (TPSA) is 82.5 Å². The maximum Gasteiger partial charge on any atom is 0.412 e. The Bertz CT molecular complexity index is 706. The van der Waals surface area contributed by atoms with Crippen molar-refractivity contribution in [2.24, 2.45) is 0 Å². The molecule has 1 N–H and O–H groups in total. The lowest BCUT2D eigenvalue weighted by molar-refractivity contribution is -0.153. The third-order valence-electron chi connectivity index (χ3n) is 3.94. The van der Waals surface area contributed by atoms with E-state index in [4.69, 9.17) is 9.47 Å². The molecule has 0 radical (unpaired) electrons. The molecule has 26 heavy (non-hydrogen) atoms. The number of rotatable bonds is 8. The Hall–Kier alpha value is -2.83. The van der Waals surface area contributed by atoms with Crippen LogP contribution in [0.1, 0.15) is 31.9 Å². The summed E-state index contributed by atoms with van der Waals surface area (Å²) in [6, 6.07) is 7.61. The molecule has 0 bridgehead atoms. The van der Waals surface area contributed by atoms with Gasteiger partial charge in [0.25, 0.3) is 0 Å². The first kappa shape index (κ1) is 19.5. The number of ether oxygens (including phenoxy) is 2. The minimum absolute atomic E-state index is 0.0926. The maximum atomic E-state index is 12.4. The molecule has 1 heterocycles. The largest absolute Gasteiger partial charge is 0.463 e. The summed E-state index contributed by atoms with van der Waals surface area (Å²) in [5, 5.41) is 6.83. The van der Waals surface area contributed by atoms with Crippen molar-refractivity contribution in [3.63, 3.8) is 0 Å². The molecule has 1 amide bonds. The van der Waals surface area contributed by atoms with Gasteiger partial charge in [-0.25, -0.2) is 9.59 Å². The van der Waals surface area contributed by atoms with Crippen molar-refractivity contribution < 1.29 is 19.1 Å². The van der Waals surface area contributed by atoms with Gasteiger partial charge in [-0.2, -0.15) is 5.10 Å². The maximum absolute atomic E-state index is 12.4. The van der Waals surface area contributed by atoms with Crippen LogP contribution >= 0.6 is 0 Å². The van der Waals surface area contributed by atoms with Gasteiger partial charge >= 0.3 is 12.1 Å². The van der Waals surface area contributed by atoms with Crippen LogP contribution in [-0.2, 0) is 33.7 Å². The number of carbonyl (C=O) groups excluding carboxylic acids is 2. The van der Waals surface area contributed by atoms with E-state index in [2.05, 4.69) is 10.4 Å². The second kappa shape index (κ2) is 9.60. The minimum atomic E-state index is -1.08. The van der Waals surface area contributed by atoms with E-state index in [1.807, 2.05) is 32.0 Å². The lowest BCUT2D eigenvalue weighted by Crippen LogP contribution is -2.35. The number of nitrogens with zero attached hydrogens (tertiary/aromatic N) is 2. The number of para-hydroxylation sites is 1. The van der Waals surface area contributed by atoms with E-state index in [-0.39, 0.29) is 13.2 Å². The summed E-state index contributed by atoms with van der Waals surface area (Å²) in [7, 11) is 0. The van der Waals surface area contributed by atoms with Crippen molar-refractivity contribution in [3.8, 4) is 0 Å². The molecule has 140 valence electrons. The van der Waals surface area contributed by atoms with Crippen molar-refractivity contribution >= 4 is 17.7 Å². The summed E-state index contributed by atoms with van der Waals surface area (Å²) >= 11 is 0. The highest BCUT2D eigenvalue weighted by molar-refractivity contribution is 5.89. The van der Waals surface area contributed by atoms with Gasteiger partial charge in [-0.15, -0.1) is 0 Å². The predicted octanol–water partition coefficient (Wildman–Crippen LogP) is 3.19. The second-order valence-corrected chi connectivity index (χ2v) is 5.66. The van der Waals surface area contributed by atoms with Crippen LogP contribution < -0.4 is 5.32 Å². The van der Waals surface area contributed by atoms with Crippen LogP contribution in [0, 0.1) is 0 Å². The average Bonchev–Trinajstić information content (AvgIpc) is 3.14. The molecule has 0 saturated carbocycles. The Morgan fingerprint density at radius 1 is 1.15 bits per heavy atom. The molecule has 1 aromatic carbocycles. The molecule has 1 aromatic heterocycles. The summed E-state index contributed by atoms with van der Waals surface area (Å²) in [4.78, 5) is 24.6. The van der Waals surface area contributed by atoms with Crippen molar-refractivity contribution in [1.82, 2.24) is 9.78 Å². The predicted molar refractivity (Wildman–Crippen MR) is 97.9 cm³/mol. The van der Waals surface area contributed by atoms with Crippen LogP contribution in [0.2, 0.25) is 0 Å². The molecular weight excluding hydrogens is 334 g/mol. The van der Waals surface area contributed by atoms with Crippen LogP contribution in [0.25, 0.3) is 0 Å². The number of esters is 1. The zero-order chi connectivity index (χ0) is 18.9. The number of aryl methyl sites for hydroxylation is 2. The summed E-state index contributed by atoms with van der Waals surface area (Å²) in [5.41, 5.74) is 2.77. The van der Waals surface area contributed by atoms with Gasteiger partial charge in [-0.1, -0.05) is 32.0 Å².